The van der Waals surface area contributed by atoms with Gasteiger partial charge < -0.3 is 19.8 Å². The first kappa shape index (κ1) is 16.8. The molecule has 0 radical (unpaired) electrons. The van der Waals surface area contributed by atoms with Gasteiger partial charge in [-0.25, -0.2) is 0 Å². The number of fused-ring (bicyclic) bond motifs is 1. The van der Waals surface area contributed by atoms with Crippen LogP contribution in [0.4, 0.5) is 0 Å². The minimum atomic E-state index is -0.0373. The summed E-state index contributed by atoms with van der Waals surface area (Å²) in [4.78, 5) is 5.99. The van der Waals surface area contributed by atoms with Crippen molar-refractivity contribution in [3.05, 3.63) is 58.8 Å². The van der Waals surface area contributed by atoms with Crippen LogP contribution in [-0.4, -0.2) is 24.7 Å². The second-order valence-electron chi connectivity index (χ2n) is 7.65. The predicted octanol–water partition coefficient (Wildman–Crippen LogP) is 5.90. The molecule has 2 aromatic carbocycles. The van der Waals surface area contributed by atoms with Crippen molar-refractivity contribution in [2.75, 3.05) is 0 Å². The summed E-state index contributed by atoms with van der Waals surface area (Å²) in [5.74, 6) is -0.0617. The minimum Gasteiger partial charge on any atom is -0.494 e. The number of aromatic hydroxyl groups is 2. The van der Waals surface area contributed by atoms with Crippen molar-refractivity contribution >= 4 is 37.7 Å². The third kappa shape index (κ3) is 2.39. The molecule has 5 nitrogen and oxygen atoms in total. The van der Waals surface area contributed by atoms with Crippen LogP contribution in [0.25, 0.3) is 44.1 Å². The van der Waals surface area contributed by atoms with Crippen LogP contribution in [0, 0.1) is 0 Å². The SMILES string of the molecule is Oc1[nH]c(O)c(-c2c[nH]c3ccc(Br)cc23)c1-c1cc2c3c(ccn3CCC2)c1. The fraction of sp³-hybridized carbons (Fsp3) is 0.130. The van der Waals surface area contributed by atoms with Gasteiger partial charge >= 0.3 is 0 Å². The number of aromatic amines is 2. The lowest BCUT2D eigenvalue weighted by Gasteiger charge is -2.17. The molecule has 0 unspecified atom stereocenters. The van der Waals surface area contributed by atoms with Crippen LogP contribution >= 0.6 is 15.9 Å². The van der Waals surface area contributed by atoms with E-state index < -0.39 is 0 Å². The van der Waals surface area contributed by atoms with Crippen LogP contribution in [0.1, 0.15) is 12.0 Å². The van der Waals surface area contributed by atoms with Gasteiger partial charge in [-0.05, 0) is 60.4 Å². The normalized spacial score (nSPS) is 13.6. The molecule has 4 N–H and O–H groups in total. The van der Waals surface area contributed by atoms with E-state index in [4.69, 9.17) is 0 Å². The number of H-pyrrole nitrogens is 2. The molecule has 4 heterocycles. The molecule has 1 aliphatic rings. The van der Waals surface area contributed by atoms with Gasteiger partial charge in [0.25, 0.3) is 0 Å². The lowest BCUT2D eigenvalue weighted by atomic mass is 9.93. The third-order valence-corrected chi connectivity index (χ3v) is 6.44. The molecule has 5 aromatic rings. The van der Waals surface area contributed by atoms with Crippen LogP contribution in [0.5, 0.6) is 11.8 Å². The second-order valence-corrected chi connectivity index (χ2v) is 8.57. The average Bonchev–Trinajstić information content (AvgIpc) is 3.38. The number of halogens is 1. The van der Waals surface area contributed by atoms with Crippen LogP contribution < -0.4 is 0 Å². The standard InChI is InChI=1S/C23H18BrN3O2/c24-15-3-4-18-16(10-15)17(11-25-18)20-19(22(28)26-23(20)29)14-8-12-2-1-6-27-7-5-13(9-14)21(12)27/h3-5,7-11,25-26,28-29H,1-2,6H2. The van der Waals surface area contributed by atoms with E-state index in [0.717, 1.165) is 51.3 Å². The van der Waals surface area contributed by atoms with Gasteiger partial charge in [0.1, 0.15) is 0 Å². The van der Waals surface area contributed by atoms with Gasteiger partial charge in [0.2, 0.25) is 0 Å². The van der Waals surface area contributed by atoms with Gasteiger partial charge in [-0.2, -0.15) is 0 Å². The maximum Gasteiger partial charge on any atom is 0.200 e. The monoisotopic (exact) mass is 447 g/mol. The zero-order chi connectivity index (χ0) is 19.7. The van der Waals surface area contributed by atoms with E-state index in [0.29, 0.717) is 11.1 Å². The number of aryl methyl sites for hydroxylation is 2. The van der Waals surface area contributed by atoms with Gasteiger partial charge in [-0.15, -0.1) is 0 Å². The molecule has 6 heteroatoms. The zero-order valence-corrected chi connectivity index (χ0v) is 17.0. The molecule has 0 saturated carbocycles. The Morgan fingerprint density at radius 3 is 2.76 bits per heavy atom. The fourth-order valence-electron chi connectivity index (χ4n) is 4.72. The Bertz CT molecular complexity index is 1420. The maximum atomic E-state index is 10.7. The van der Waals surface area contributed by atoms with Gasteiger partial charge in [-0.3, -0.25) is 4.98 Å². The lowest BCUT2D eigenvalue weighted by molar-refractivity contribution is 0.426. The highest BCUT2D eigenvalue weighted by Crippen LogP contribution is 2.48. The first-order chi connectivity index (χ1) is 14.1. The van der Waals surface area contributed by atoms with Crippen molar-refractivity contribution in [1.29, 1.82) is 0 Å². The van der Waals surface area contributed by atoms with E-state index in [1.165, 1.54) is 11.1 Å². The maximum absolute atomic E-state index is 10.7. The first-order valence-corrected chi connectivity index (χ1v) is 10.4. The molecule has 29 heavy (non-hydrogen) atoms. The molecule has 144 valence electrons. The summed E-state index contributed by atoms with van der Waals surface area (Å²) in [7, 11) is 0. The van der Waals surface area contributed by atoms with E-state index in [2.05, 4.69) is 54.9 Å². The highest BCUT2D eigenvalue weighted by atomic mass is 79.9. The number of aromatic nitrogens is 3. The summed E-state index contributed by atoms with van der Waals surface area (Å²) in [5, 5.41) is 23.5. The van der Waals surface area contributed by atoms with Gasteiger partial charge in [0.15, 0.2) is 11.8 Å². The van der Waals surface area contributed by atoms with Crippen molar-refractivity contribution in [3.8, 4) is 34.0 Å². The van der Waals surface area contributed by atoms with Crippen LogP contribution in [0.3, 0.4) is 0 Å². The predicted molar refractivity (Wildman–Crippen MR) is 118 cm³/mol. The number of nitrogens with zero attached hydrogens (tertiary/aromatic N) is 1. The van der Waals surface area contributed by atoms with Crippen molar-refractivity contribution < 1.29 is 10.2 Å². The Kier molecular flexibility index (Phi) is 3.44. The third-order valence-electron chi connectivity index (χ3n) is 5.95. The second kappa shape index (κ2) is 5.94. The van der Waals surface area contributed by atoms with Crippen molar-refractivity contribution in [2.45, 2.75) is 19.4 Å². The number of hydrogen-bond donors (Lipinski definition) is 4. The van der Waals surface area contributed by atoms with Crippen LogP contribution in [-0.2, 0) is 13.0 Å². The Balaban J connectivity index is 1.64. The van der Waals surface area contributed by atoms with Gasteiger partial charge in [0, 0.05) is 45.3 Å². The lowest BCUT2D eigenvalue weighted by Crippen LogP contribution is -2.06. The van der Waals surface area contributed by atoms with Crippen LogP contribution in [0.2, 0.25) is 0 Å². The molecule has 0 aliphatic carbocycles. The van der Waals surface area contributed by atoms with Crippen molar-refractivity contribution in [3.63, 3.8) is 0 Å². The van der Waals surface area contributed by atoms with E-state index in [9.17, 15) is 10.2 Å². The fourth-order valence-corrected chi connectivity index (χ4v) is 5.08. The molecule has 0 amide bonds. The highest BCUT2D eigenvalue weighted by Gasteiger charge is 2.24. The average molecular weight is 448 g/mol. The smallest absolute Gasteiger partial charge is 0.200 e. The summed E-state index contributed by atoms with van der Waals surface area (Å²) < 4.78 is 3.25. The van der Waals surface area contributed by atoms with Crippen LogP contribution in [0.15, 0.2) is 53.3 Å². The van der Waals surface area contributed by atoms with E-state index in [1.54, 1.807) is 0 Å². The molecule has 0 saturated heterocycles. The number of rotatable bonds is 2. The minimum absolute atomic E-state index is 0.0244. The Morgan fingerprint density at radius 2 is 1.86 bits per heavy atom. The van der Waals surface area contributed by atoms with Gasteiger partial charge in [0.05, 0.1) is 16.6 Å². The highest BCUT2D eigenvalue weighted by molar-refractivity contribution is 9.10. The summed E-state index contributed by atoms with van der Waals surface area (Å²) in [6.07, 6.45) is 6.13. The topological polar surface area (TPSA) is 77.0 Å². The summed E-state index contributed by atoms with van der Waals surface area (Å²) in [6, 6.07) is 12.3. The molecular weight excluding hydrogens is 430 g/mol. The number of benzene rings is 2. The summed E-state index contributed by atoms with van der Waals surface area (Å²) in [5.41, 5.74) is 6.50. The molecule has 6 rings (SSSR count). The largest absolute Gasteiger partial charge is 0.494 e. The molecule has 0 spiro atoms. The van der Waals surface area contributed by atoms with Crippen molar-refractivity contribution in [2.24, 2.45) is 0 Å². The molecular formula is C23H18BrN3O2. The quantitative estimate of drug-likeness (QED) is 0.271. The zero-order valence-electron chi connectivity index (χ0n) is 15.5. The molecule has 3 aromatic heterocycles. The Labute approximate surface area is 174 Å². The van der Waals surface area contributed by atoms with E-state index in [-0.39, 0.29) is 11.8 Å². The Morgan fingerprint density at radius 1 is 1.00 bits per heavy atom. The van der Waals surface area contributed by atoms with E-state index in [1.807, 2.05) is 24.4 Å². The van der Waals surface area contributed by atoms with Crippen molar-refractivity contribution in [1.82, 2.24) is 14.5 Å². The Hall–Kier alpha value is -3.12. The van der Waals surface area contributed by atoms with Gasteiger partial charge in [-0.1, -0.05) is 15.9 Å². The summed E-state index contributed by atoms with van der Waals surface area (Å²) >= 11 is 3.53. The molecule has 0 bridgehead atoms. The van der Waals surface area contributed by atoms with E-state index >= 15 is 0 Å². The number of nitrogens with one attached hydrogen (secondary N) is 2. The molecule has 0 fully saturated rings. The number of hydrogen-bond acceptors (Lipinski definition) is 2. The summed E-state index contributed by atoms with van der Waals surface area (Å²) in [6.45, 7) is 1.04. The first-order valence-electron chi connectivity index (χ1n) is 9.63. The molecule has 1 aliphatic heterocycles. The molecule has 0 atom stereocenters.